The second-order valence-electron chi connectivity index (χ2n) is 7.94. The fraction of sp³-hybridized carbons (Fsp3) is 0.348. The van der Waals surface area contributed by atoms with Crippen molar-refractivity contribution in [3.63, 3.8) is 0 Å². The van der Waals surface area contributed by atoms with Crippen molar-refractivity contribution in [1.82, 2.24) is 25.0 Å². The maximum atomic E-state index is 13.9. The van der Waals surface area contributed by atoms with Crippen LogP contribution < -0.4 is 10.1 Å². The highest BCUT2D eigenvalue weighted by molar-refractivity contribution is 5.94. The van der Waals surface area contributed by atoms with Crippen LogP contribution in [0, 0.1) is 11.6 Å². The Balaban J connectivity index is 1.45. The second-order valence-corrected chi connectivity index (χ2v) is 7.94. The zero-order chi connectivity index (χ0) is 23.5. The van der Waals surface area contributed by atoms with Gasteiger partial charge >= 0.3 is 0 Å². The molecule has 0 radical (unpaired) electrons. The number of hydrogen-bond donors (Lipinski definition) is 2. The predicted octanol–water partition coefficient (Wildman–Crippen LogP) is 2.82. The van der Waals surface area contributed by atoms with E-state index in [1.807, 2.05) is 16.7 Å². The van der Waals surface area contributed by atoms with Crippen molar-refractivity contribution in [3.8, 4) is 11.5 Å². The van der Waals surface area contributed by atoms with Crippen molar-refractivity contribution in [2.45, 2.75) is 32.5 Å². The molecule has 2 heterocycles. The SMILES string of the molecule is COc1cccc(CN2CCc3nnc(C(C)NC(=O)c4cc(F)ccc4F)n3CC2)c1O. The van der Waals surface area contributed by atoms with Crippen molar-refractivity contribution in [3.05, 3.63) is 70.8 Å². The molecule has 2 N–H and O–H groups in total. The molecule has 3 aromatic rings. The third kappa shape index (κ3) is 4.80. The molecule has 0 saturated carbocycles. The highest BCUT2D eigenvalue weighted by atomic mass is 19.1. The van der Waals surface area contributed by atoms with Crippen LogP contribution in [0.25, 0.3) is 0 Å². The Morgan fingerprint density at radius 3 is 2.82 bits per heavy atom. The predicted molar refractivity (Wildman–Crippen MR) is 116 cm³/mol. The van der Waals surface area contributed by atoms with Gasteiger partial charge in [0.1, 0.15) is 17.5 Å². The number of carbonyl (C=O) groups excluding carboxylic acids is 1. The van der Waals surface area contributed by atoms with E-state index in [9.17, 15) is 18.7 Å². The smallest absolute Gasteiger partial charge is 0.254 e. The van der Waals surface area contributed by atoms with Crippen LogP contribution in [0.4, 0.5) is 8.78 Å². The maximum absolute atomic E-state index is 13.9. The minimum atomic E-state index is -0.794. The lowest BCUT2D eigenvalue weighted by Crippen LogP contribution is -2.30. The van der Waals surface area contributed by atoms with Gasteiger partial charge in [-0.2, -0.15) is 0 Å². The second kappa shape index (κ2) is 9.53. The Morgan fingerprint density at radius 2 is 2.03 bits per heavy atom. The number of benzene rings is 2. The fourth-order valence-corrected chi connectivity index (χ4v) is 3.98. The van der Waals surface area contributed by atoms with E-state index in [1.165, 1.54) is 7.11 Å². The molecule has 0 aliphatic carbocycles. The summed E-state index contributed by atoms with van der Waals surface area (Å²) in [4.78, 5) is 14.7. The quantitative estimate of drug-likeness (QED) is 0.592. The van der Waals surface area contributed by atoms with Gasteiger partial charge < -0.3 is 19.7 Å². The number of hydrogen-bond acceptors (Lipinski definition) is 6. The van der Waals surface area contributed by atoms with Gasteiger partial charge in [-0.3, -0.25) is 9.69 Å². The molecule has 0 fully saturated rings. The van der Waals surface area contributed by atoms with Crippen LogP contribution in [0.2, 0.25) is 0 Å². The summed E-state index contributed by atoms with van der Waals surface area (Å²) in [6, 6.07) is 7.60. The molecule has 33 heavy (non-hydrogen) atoms. The van der Waals surface area contributed by atoms with Crippen LogP contribution in [0.1, 0.15) is 40.5 Å². The van der Waals surface area contributed by atoms with E-state index in [4.69, 9.17) is 4.74 Å². The lowest BCUT2D eigenvalue weighted by atomic mass is 10.1. The molecule has 8 nitrogen and oxygen atoms in total. The molecular formula is C23H25F2N5O3. The van der Waals surface area contributed by atoms with Gasteiger partial charge in [0.25, 0.3) is 5.91 Å². The topological polar surface area (TPSA) is 92.5 Å². The molecule has 1 unspecified atom stereocenters. The molecular weight excluding hydrogens is 432 g/mol. The summed E-state index contributed by atoms with van der Waals surface area (Å²) in [6.45, 7) is 4.24. The molecule has 0 saturated heterocycles. The summed E-state index contributed by atoms with van der Waals surface area (Å²) >= 11 is 0. The van der Waals surface area contributed by atoms with Gasteiger partial charge in [-0.25, -0.2) is 8.78 Å². The number of aromatic hydroxyl groups is 1. The number of rotatable bonds is 6. The van der Waals surface area contributed by atoms with Crippen LogP contribution in [0.3, 0.4) is 0 Å². The summed E-state index contributed by atoms with van der Waals surface area (Å²) in [6.07, 6.45) is 0.636. The Hall–Kier alpha value is -3.53. The van der Waals surface area contributed by atoms with Gasteiger partial charge in [-0.15, -0.1) is 10.2 Å². The molecule has 0 spiro atoms. The first-order chi connectivity index (χ1) is 15.9. The number of ether oxygens (including phenoxy) is 1. The van der Waals surface area contributed by atoms with E-state index in [1.54, 1.807) is 13.0 Å². The zero-order valence-corrected chi connectivity index (χ0v) is 18.4. The van der Waals surface area contributed by atoms with Crippen LogP contribution in [0.5, 0.6) is 11.5 Å². The fourth-order valence-electron chi connectivity index (χ4n) is 3.98. The highest BCUT2D eigenvalue weighted by Crippen LogP contribution is 2.30. The summed E-state index contributed by atoms with van der Waals surface area (Å²) in [5.41, 5.74) is 0.409. The molecule has 1 amide bonds. The van der Waals surface area contributed by atoms with Crippen molar-refractivity contribution < 1.29 is 23.4 Å². The molecule has 1 atom stereocenters. The van der Waals surface area contributed by atoms with Gasteiger partial charge in [0.15, 0.2) is 17.3 Å². The van der Waals surface area contributed by atoms with Gasteiger partial charge in [0.05, 0.1) is 18.7 Å². The van der Waals surface area contributed by atoms with E-state index in [0.29, 0.717) is 44.2 Å². The number of aromatic nitrogens is 3. The summed E-state index contributed by atoms with van der Waals surface area (Å²) in [7, 11) is 1.51. The van der Waals surface area contributed by atoms with E-state index in [2.05, 4.69) is 20.4 Å². The number of methoxy groups -OCH3 is 1. The maximum Gasteiger partial charge on any atom is 0.254 e. The van der Waals surface area contributed by atoms with Crippen LogP contribution in [-0.4, -0.2) is 50.9 Å². The van der Waals surface area contributed by atoms with Crippen LogP contribution >= 0.6 is 0 Å². The Labute approximate surface area is 189 Å². The minimum Gasteiger partial charge on any atom is -0.504 e. The normalized spacial score (nSPS) is 14.9. The molecule has 4 rings (SSSR count). The minimum absolute atomic E-state index is 0.130. The lowest BCUT2D eigenvalue weighted by Gasteiger charge is -2.21. The monoisotopic (exact) mass is 457 g/mol. The Morgan fingerprint density at radius 1 is 1.21 bits per heavy atom. The summed E-state index contributed by atoms with van der Waals surface area (Å²) in [5, 5.41) is 21.6. The zero-order valence-electron chi connectivity index (χ0n) is 18.4. The summed E-state index contributed by atoms with van der Waals surface area (Å²) < 4.78 is 34.5. The standard InChI is InChI=1S/C23H25F2N5O3/c1-14(26-23(32)17-12-16(24)6-7-18(17)25)22-28-27-20-8-9-29(10-11-30(20)22)13-15-4-3-5-19(33-2)21(15)31/h3-7,12,14,31H,8-11,13H2,1-2H3,(H,26,32). The first-order valence-corrected chi connectivity index (χ1v) is 10.6. The van der Waals surface area contributed by atoms with Crippen LogP contribution in [-0.2, 0) is 19.5 Å². The average molecular weight is 457 g/mol. The number of para-hydroxylation sites is 1. The van der Waals surface area contributed by atoms with E-state index < -0.39 is 23.6 Å². The largest absolute Gasteiger partial charge is 0.504 e. The third-order valence-electron chi connectivity index (χ3n) is 5.75. The number of nitrogens with zero attached hydrogens (tertiary/aromatic N) is 4. The Bertz CT molecular complexity index is 1170. The number of fused-ring (bicyclic) bond motifs is 1. The number of phenolic OH excluding ortho intramolecular Hbond substituents is 1. The number of nitrogens with one attached hydrogen (secondary N) is 1. The van der Waals surface area contributed by atoms with Gasteiger partial charge in [-0.1, -0.05) is 12.1 Å². The van der Waals surface area contributed by atoms with E-state index in [0.717, 1.165) is 29.6 Å². The average Bonchev–Trinajstić information content (AvgIpc) is 3.11. The number of carbonyl (C=O) groups is 1. The summed E-state index contributed by atoms with van der Waals surface area (Å²) in [5.74, 6) is -0.321. The van der Waals surface area contributed by atoms with E-state index in [-0.39, 0.29) is 11.3 Å². The molecule has 1 aliphatic rings. The first-order valence-electron chi connectivity index (χ1n) is 10.6. The lowest BCUT2D eigenvalue weighted by molar-refractivity contribution is 0.0933. The number of amides is 1. The van der Waals surface area contributed by atoms with Gasteiger partial charge in [-0.05, 0) is 31.2 Å². The van der Waals surface area contributed by atoms with Crippen LogP contribution in [0.15, 0.2) is 36.4 Å². The van der Waals surface area contributed by atoms with E-state index >= 15 is 0 Å². The number of halogens is 2. The molecule has 10 heteroatoms. The third-order valence-corrected chi connectivity index (χ3v) is 5.75. The van der Waals surface area contributed by atoms with Gasteiger partial charge in [0.2, 0.25) is 0 Å². The highest BCUT2D eigenvalue weighted by Gasteiger charge is 2.24. The molecule has 1 aromatic heterocycles. The molecule has 0 bridgehead atoms. The van der Waals surface area contributed by atoms with Gasteiger partial charge in [0, 0.05) is 38.2 Å². The van der Waals surface area contributed by atoms with Crippen molar-refractivity contribution in [2.24, 2.45) is 0 Å². The van der Waals surface area contributed by atoms with Crippen molar-refractivity contribution in [1.29, 1.82) is 0 Å². The van der Waals surface area contributed by atoms with Crippen molar-refractivity contribution >= 4 is 5.91 Å². The molecule has 1 aliphatic heterocycles. The molecule has 2 aromatic carbocycles. The molecule has 174 valence electrons. The Kier molecular flexibility index (Phi) is 6.55. The van der Waals surface area contributed by atoms with Crippen molar-refractivity contribution in [2.75, 3.05) is 20.2 Å². The number of phenols is 1. The first kappa shape index (κ1) is 22.7.